The van der Waals surface area contributed by atoms with Crippen molar-refractivity contribution in [2.24, 2.45) is 0 Å². The number of quaternary nitrogens is 1. The molecule has 0 radical (unpaired) electrons. The van der Waals surface area contributed by atoms with Crippen molar-refractivity contribution in [1.82, 2.24) is 0 Å². The van der Waals surface area contributed by atoms with Gasteiger partial charge in [-0.25, -0.2) is 4.79 Å². The van der Waals surface area contributed by atoms with Gasteiger partial charge in [0.2, 0.25) is 0 Å². The summed E-state index contributed by atoms with van der Waals surface area (Å²) in [5.41, 5.74) is 0. The van der Waals surface area contributed by atoms with Crippen molar-refractivity contribution in [3.05, 3.63) is 72.9 Å². The molecule has 0 saturated heterocycles. The maximum absolute atomic E-state index is 12.8. The fourth-order valence-corrected chi connectivity index (χ4v) is 7.09. The van der Waals surface area contributed by atoms with E-state index >= 15 is 0 Å². The van der Waals surface area contributed by atoms with Crippen LogP contribution in [0.25, 0.3) is 0 Å². The molecule has 0 saturated carbocycles. The normalized spacial score (nSPS) is 13.4. The Morgan fingerprint density at radius 3 is 1.30 bits per heavy atom. The summed E-state index contributed by atoms with van der Waals surface area (Å²) in [6, 6.07) is 0. The summed E-state index contributed by atoms with van der Waals surface area (Å²) in [6.45, 7) is 4.74. The van der Waals surface area contributed by atoms with Gasteiger partial charge in [-0.1, -0.05) is 189 Å². The Balaban J connectivity index is 4.33. The van der Waals surface area contributed by atoms with Crippen LogP contribution >= 0.6 is 0 Å². The predicted molar refractivity (Wildman–Crippen MR) is 276 cm³/mol. The Bertz CT molecular complexity index is 1310. The van der Waals surface area contributed by atoms with Gasteiger partial charge >= 0.3 is 17.9 Å². The standard InChI is InChI=1S/C57H99NO8/c1-6-8-10-12-14-16-18-20-22-24-25-26-27-28-29-30-31-32-34-36-38-40-42-44-46-48-55(60)66-53(52-65-57(56(61)62)63-50-49-58(3,4)5)51-64-54(59)47-45-43-41-39-37-35-33-23-21-19-17-15-13-11-9-7-2/h8,10,14,16,20,22-23,25-26,28-29,33,53,57H,6-7,9,11-13,15,17-19,21,24,27,30-32,34-52H2,1-5H3/p+1/b10-8-,16-14-,22-20-,26-25-,29-28-,33-23-. The Hall–Kier alpha value is -3.27. The second kappa shape index (κ2) is 48.2. The van der Waals surface area contributed by atoms with E-state index in [0.717, 1.165) is 96.3 Å². The highest BCUT2D eigenvalue weighted by Crippen LogP contribution is 2.14. The van der Waals surface area contributed by atoms with Crippen LogP contribution in [-0.2, 0) is 33.3 Å². The molecule has 0 aliphatic carbocycles. The third kappa shape index (κ3) is 48.7. The SMILES string of the molecule is CC/C=C\C/C=C\C/C=C\C/C=C\C/C=C\CCCCCCCCCCCC(=O)OC(COC(=O)CCCCCCC/C=C\CCCCCCCCC)COC(OCC[N+](C)(C)C)C(=O)O. The van der Waals surface area contributed by atoms with Crippen LogP contribution in [0.3, 0.4) is 0 Å². The number of rotatable bonds is 48. The Morgan fingerprint density at radius 2 is 0.864 bits per heavy atom. The molecule has 0 aromatic carbocycles. The molecule has 1 N–H and O–H groups in total. The summed E-state index contributed by atoms with van der Waals surface area (Å²) in [5.74, 6) is -2.03. The maximum Gasteiger partial charge on any atom is 0.361 e. The number of carboxylic acid groups (broad SMARTS) is 1. The first-order valence-electron chi connectivity index (χ1n) is 26.6. The Labute approximate surface area is 405 Å². The van der Waals surface area contributed by atoms with Crippen LogP contribution in [0.4, 0.5) is 0 Å². The second-order valence-electron chi connectivity index (χ2n) is 18.8. The zero-order chi connectivity index (χ0) is 48.4. The number of ether oxygens (including phenoxy) is 4. The monoisotopic (exact) mass is 927 g/mol. The van der Waals surface area contributed by atoms with E-state index < -0.39 is 24.3 Å². The zero-order valence-corrected chi connectivity index (χ0v) is 43.1. The molecule has 0 aromatic rings. The number of hydrogen-bond acceptors (Lipinski definition) is 7. The molecule has 0 fully saturated rings. The van der Waals surface area contributed by atoms with Crippen LogP contribution in [0.1, 0.15) is 213 Å². The lowest BCUT2D eigenvalue weighted by Gasteiger charge is -2.25. The smallest absolute Gasteiger partial charge is 0.361 e. The second-order valence-corrected chi connectivity index (χ2v) is 18.8. The Morgan fingerprint density at radius 1 is 0.470 bits per heavy atom. The highest BCUT2D eigenvalue weighted by molar-refractivity contribution is 5.71. The Kier molecular flexibility index (Phi) is 45.8. The number of nitrogens with zero attached hydrogens (tertiary/aromatic N) is 1. The molecule has 0 heterocycles. The van der Waals surface area contributed by atoms with Crippen molar-refractivity contribution in [2.75, 3.05) is 47.5 Å². The highest BCUT2D eigenvalue weighted by atomic mass is 16.7. The fraction of sp³-hybridized carbons (Fsp3) is 0.737. The molecule has 0 spiro atoms. The van der Waals surface area contributed by atoms with Gasteiger partial charge < -0.3 is 28.5 Å². The number of carbonyl (C=O) groups excluding carboxylic acids is 2. The lowest BCUT2D eigenvalue weighted by Crippen LogP contribution is -2.40. The van der Waals surface area contributed by atoms with Gasteiger partial charge in [0.25, 0.3) is 6.29 Å². The molecule has 2 unspecified atom stereocenters. The van der Waals surface area contributed by atoms with Crippen molar-refractivity contribution in [1.29, 1.82) is 0 Å². The molecule has 380 valence electrons. The largest absolute Gasteiger partial charge is 0.477 e. The van der Waals surface area contributed by atoms with Gasteiger partial charge in [0.15, 0.2) is 6.10 Å². The van der Waals surface area contributed by atoms with Gasteiger partial charge in [0.1, 0.15) is 13.2 Å². The third-order valence-electron chi connectivity index (χ3n) is 11.2. The van der Waals surface area contributed by atoms with E-state index in [1.807, 2.05) is 21.1 Å². The van der Waals surface area contributed by atoms with Crippen LogP contribution in [0.15, 0.2) is 72.9 Å². The fourth-order valence-electron chi connectivity index (χ4n) is 7.09. The molecule has 2 atom stereocenters. The average molecular weight is 927 g/mol. The van der Waals surface area contributed by atoms with E-state index in [1.165, 1.54) is 83.5 Å². The van der Waals surface area contributed by atoms with Crippen LogP contribution in [0.2, 0.25) is 0 Å². The number of carbonyl (C=O) groups is 3. The summed E-state index contributed by atoms with van der Waals surface area (Å²) in [4.78, 5) is 37.3. The van der Waals surface area contributed by atoms with Gasteiger partial charge in [-0.15, -0.1) is 0 Å². The quantitative estimate of drug-likeness (QED) is 0.0211. The number of likely N-dealkylation sites (N-methyl/N-ethyl adjacent to an activating group) is 1. The minimum Gasteiger partial charge on any atom is -0.477 e. The molecule has 9 heteroatoms. The van der Waals surface area contributed by atoms with E-state index in [4.69, 9.17) is 18.9 Å². The van der Waals surface area contributed by atoms with Crippen LogP contribution in [0, 0.1) is 0 Å². The summed E-state index contributed by atoms with van der Waals surface area (Å²) in [5, 5.41) is 9.68. The molecule has 66 heavy (non-hydrogen) atoms. The molecular weight excluding hydrogens is 827 g/mol. The minimum absolute atomic E-state index is 0.182. The molecule has 0 amide bonds. The topological polar surface area (TPSA) is 108 Å². The van der Waals surface area contributed by atoms with Crippen LogP contribution in [-0.4, -0.2) is 87.4 Å². The highest BCUT2D eigenvalue weighted by Gasteiger charge is 2.25. The summed E-state index contributed by atoms with van der Waals surface area (Å²) >= 11 is 0. The number of carboxylic acids is 1. The average Bonchev–Trinajstić information content (AvgIpc) is 3.28. The molecule has 9 nitrogen and oxygen atoms in total. The number of unbranched alkanes of at least 4 members (excludes halogenated alkanes) is 21. The van der Waals surface area contributed by atoms with Gasteiger partial charge in [0, 0.05) is 12.8 Å². The van der Waals surface area contributed by atoms with Gasteiger partial charge in [-0.05, 0) is 83.5 Å². The molecule has 0 aromatic heterocycles. The number of hydrogen-bond donors (Lipinski definition) is 1. The molecule has 0 rings (SSSR count). The summed E-state index contributed by atoms with van der Waals surface area (Å²) in [6.07, 6.45) is 58.2. The molecule has 0 bridgehead atoms. The van der Waals surface area contributed by atoms with E-state index in [0.29, 0.717) is 17.4 Å². The van der Waals surface area contributed by atoms with E-state index in [2.05, 4.69) is 86.8 Å². The zero-order valence-electron chi connectivity index (χ0n) is 43.1. The van der Waals surface area contributed by atoms with Gasteiger partial charge in [-0.2, -0.15) is 0 Å². The van der Waals surface area contributed by atoms with Crippen molar-refractivity contribution in [2.45, 2.75) is 225 Å². The van der Waals surface area contributed by atoms with E-state index in [9.17, 15) is 19.5 Å². The first-order chi connectivity index (χ1) is 32.1. The van der Waals surface area contributed by atoms with Gasteiger partial charge in [0.05, 0.1) is 34.4 Å². The molecular formula is C57H100NO8+. The van der Waals surface area contributed by atoms with Crippen molar-refractivity contribution in [3.8, 4) is 0 Å². The lowest BCUT2D eigenvalue weighted by molar-refractivity contribution is -0.870. The van der Waals surface area contributed by atoms with E-state index in [1.54, 1.807) is 0 Å². The number of aliphatic carboxylic acids is 1. The van der Waals surface area contributed by atoms with Gasteiger partial charge in [-0.3, -0.25) is 9.59 Å². The first-order valence-corrected chi connectivity index (χ1v) is 26.6. The van der Waals surface area contributed by atoms with Crippen molar-refractivity contribution < 1.29 is 42.9 Å². The number of allylic oxidation sites excluding steroid dienone is 12. The van der Waals surface area contributed by atoms with Crippen molar-refractivity contribution in [3.63, 3.8) is 0 Å². The third-order valence-corrected chi connectivity index (χ3v) is 11.2. The summed E-state index contributed by atoms with van der Waals surface area (Å²) < 4.78 is 22.8. The number of esters is 2. The predicted octanol–water partition coefficient (Wildman–Crippen LogP) is 15.1. The van der Waals surface area contributed by atoms with Crippen molar-refractivity contribution >= 4 is 17.9 Å². The van der Waals surface area contributed by atoms with E-state index in [-0.39, 0.29) is 38.6 Å². The minimum atomic E-state index is -1.52. The molecule has 0 aliphatic rings. The molecule has 0 aliphatic heterocycles. The first kappa shape index (κ1) is 62.7. The maximum atomic E-state index is 12.8. The van der Waals surface area contributed by atoms with Crippen LogP contribution in [0.5, 0.6) is 0 Å². The van der Waals surface area contributed by atoms with Crippen LogP contribution < -0.4 is 0 Å². The lowest BCUT2D eigenvalue weighted by atomic mass is 10.1. The summed E-state index contributed by atoms with van der Waals surface area (Å²) in [7, 11) is 5.95.